The maximum Gasteiger partial charge on any atom is 0.127 e. The Labute approximate surface area is 75.6 Å². The monoisotopic (exact) mass is 185 g/mol. The summed E-state index contributed by atoms with van der Waals surface area (Å²) in [6.07, 6.45) is 0.350. The first-order valence-electron chi connectivity index (χ1n) is 3.99. The van der Waals surface area contributed by atoms with Crippen LogP contribution in [0.5, 0.6) is 5.75 Å². The van der Waals surface area contributed by atoms with Crippen LogP contribution < -0.4 is 5.73 Å². The Morgan fingerprint density at radius 1 is 1.38 bits per heavy atom. The molecule has 1 rings (SSSR count). The lowest BCUT2D eigenvalue weighted by atomic mass is 10.0. The van der Waals surface area contributed by atoms with Crippen LogP contribution in [0.1, 0.15) is 18.0 Å². The van der Waals surface area contributed by atoms with Crippen molar-refractivity contribution in [3.8, 4) is 5.75 Å². The number of aromatic hydroxyl groups is 1. The largest absolute Gasteiger partial charge is 0.508 e. The van der Waals surface area contributed by atoms with Crippen LogP contribution in [0.15, 0.2) is 18.2 Å². The van der Waals surface area contributed by atoms with Crippen molar-refractivity contribution in [2.24, 2.45) is 5.73 Å². The van der Waals surface area contributed by atoms with Gasteiger partial charge in [0.15, 0.2) is 0 Å². The van der Waals surface area contributed by atoms with Gasteiger partial charge < -0.3 is 15.9 Å². The number of hydrogen-bond donors (Lipinski definition) is 3. The fourth-order valence-corrected chi connectivity index (χ4v) is 1.12. The lowest BCUT2D eigenvalue weighted by Gasteiger charge is -2.10. The quantitative estimate of drug-likeness (QED) is 0.655. The standard InChI is InChI=1S/C9H12FNO2/c10-7-3-6(4-8(13)5-7)9(11)1-2-12/h3-5,9,12-13H,1-2,11H2. The first-order chi connectivity index (χ1) is 6.13. The number of aliphatic hydroxyl groups is 1. The molecule has 0 heterocycles. The number of halogens is 1. The molecule has 0 spiro atoms. The van der Waals surface area contributed by atoms with Crippen LogP contribution in [-0.4, -0.2) is 16.8 Å². The normalized spacial score (nSPS) is 12.8. The molecule has 1 aromatic carbocycles. The molecule has 72 valence electrons. The van der Waals surface area contributed by atoms with E-state index < -0.39 is 11.9 Å². The lowest BCUT2D eigenvalue weighted by Crippen LogP contribution is -2.11. The summed E-state index contributed by atoms with van der Waals surface area (Å²) in [6, 6.07) is 3.21. The fourth-order valence-electron chi connectivity index (χ4n) is 1.12. The second-order valence-electron chi connectivity index (χ2n) is 2.86. The summed E-state index contributed by atoms with van der Waals surface area (Å²) in [4.78, 5) is 0. The van der Waals surface area contributed by atoms with E-state index in [-0.39, 0.29) is 12.4 Å². The number of benzene rings is 1. The van der Waals surface area contributed by atoms with Crippen LogP contribution in [0, 0.1) is 5.82 Å². The Hall–Kier alpha value is -1.13. The Bertz CT molecular complexity index is 271. The molecule has 0 amide bonds. The van der Waals surface area contributed by atoms with Gasteiger partial charge in [0, 0.05) is 18.7 Å². The van der Waals surface area contributed by atoms with E-state index in [0.29, 0.717) is 12.0 Å². The van der Waals surface area contributed by atoms with E-state index in [2.05, 4.69) is 0 Å². The van der Waals surface area contributed by atoms with E-state index in [4.69, 9.17) is 15.9 Å². The molecular weight excluding hydrogens is 173 g/mol. The van der Waals surface area contributed by atoms with Gasteiger partial charge in [0.1, 0.15) is 11.6 Å². The minimum absolute atomic E-state index is 0.0571. The maximum atomic E-state index is 12.8. The van der Waals surface area contributed by atoms with Crippen LogP contribution in [0.4, 0.5) is 4.39 Å². The Kier molecular flexibility index (Phi) is 3.22. The van der Waals surface area contributed by atoms with Gasteiger partial charge in [-0.2, -0.15) is 0 Å². The van der Waals surface area contributed by atoms with Crippen LogP contribution in [-0.2, 0) is 0 Å². The summed E-state index contributed by atoms with van der Waals surface area (Å²) in [5.74, 6) is -0.674. The zero-order chi connectivity index (χ0) is 9.84. The fraction of sp³-hybridized carbons (Fsp3) is 0.333. The summed E-state index contributed by atoms with van der Waals surface area (Å²) < 4.78 is 12.8. The van der Waals surface area contributed by atoms with Gasteiger partial charge in [-0.05, 0) is 24.1 Å². The second-order valence-corrected chi connectivity index (χ2v) is 2.86. The van der Waals surface area contributed by atoms with Crippen molar-refractivity contribution in [1.29, 1.82) is 0 Å². The molecule has 0 fully saturated rings. The molecule has 4 N–H and O–H groups in total. The van der Waals surface area contributed by atoms with Crippen molar-refractivity contribution in [1.82, 2.24) is 0 Å². The summed E-state index contributed by atoms with van der Waals surface area (Å²) in [5.41, 5.74) is 6.10. The Morgan fingerprint density at radius 3 is 2.62 bits per heavy atom. The number of rotatable bonds is 3. The number of aliphatic hydroxyl groups excluding tert-OH is 1. The summed E-state index contributed by atoms with van der Waals surface area (Å²) in [7, 11) is 0. The molecule has 4 heteroatoms. The third-order valence-corrected chi connectivity index (χ3v) is 1.77. The lowest BCUT2D eigenvalue weighted by molar-refractivity contribution is 0.276. The second kappa shape index (κ2) is 4.20. The zero-order valence-electron chi connectivity index (χ0n) is 7.07. The Balaban J connectivity index is 2.87. The molecule has 0 aliphatic heterocycles. The average molecular weight is 185 g/mol. The first-order valence-corrected chi connectivity index (χ1v) is 3.99. The minimum Gasteiger partial charge on any atom is -0.508 e. The number of nitrogens with two attached hydrogens (primary N) is 1. The smallest absolute Gasteiger partial charge is 0.127 e. The van der Waals surface area contributed by atoms with E-state index >= 15 is 0 Å². The van der Waals surface area contributed by atoms with Crippen molar-refractivity contribution in [3.05, 3.63) is 29.6 Å². The van der Waals surface area contributed by atoms with Crippen LogP contribution in [0.3, 0.4) is 0 Å². The summed E-state index contributed by atoms with van der Waals surface area (Å²) in [5, 5.41) is 17.7. The van der Waals surface area contributed by atoms with Gasteiger partial charge in [-0.25, -0.2) is 4.39 Å². The average Bonchev–Trinajstić information content (AvgIpc) is 2.03. The van der Waals surface area contributed by atoms with E-state index in [1.54, 1.807) is 0 Å². The first kappa shape index (κ1) is 9.95. The van der Waals surface area contributed by atoms with Crippen molar-refractivity contribution in [2.45, 2.75) is 12.5 Å². The highest BCUT2D eigenvalue weighted by Gasteiger charge is 2.07. The molecule has 0 aliphatic carbocycles. The predicted molar refractivity (Wildman–Crippen MR) is 46.7 cm³/mol. The SMILES string of the molecule is NC(CCO)c1cc(O)cc(F)c1. The molecule has 13 heavy (non-hydrogen) atoms. The van der Waals surface area contributed by atoms with E-state index in [1.165, 1.54) is 12.1 Å². The predicted octanol–water partition coefficient (Wildman–Crippen LogP) is 0.913. The zero-order valence-corrected chi connectivity index (χ0v) is 7.07. The number of phenolic OH excluding ortho intramolecular Hbond substituents is 1. The molecule has 0 aromatic heterocycles. The van der Waals surface area contributed by atoms with E-state index in [1.807, 2.05) is 0 Å². The van der Waals surface area contributed by atoms with Gasteiger partial charge in [0.2, 0.25) is 0 Å². The van der Waals surface area contributed by atoms with Gasteiger partial charge in [-0.1, -0.05) is 0 Å². The molecule has 0 aliphatic rings. The molecule has 1 atom stereocenters. The van der Waals surface area contributed by atoms with Gasteiger partial charge in [0.25, 0.3) is 0 Å². The van der Waals surface area contributed by atoms with Crippen molar-refractivity contribution >= 4 is 0 Å². The maximum absolute atomic E-state index is 12.8. The van der Waals surface area contributed by atoms with E-state index in [9.17, 15) is 4.39 Å². The highest BCUT2D eigenvalue weighted by Crippen LogP contribution is 2.20. The molecule has 3 nitrogen and oxygen atoms in total. The Morgan fingerprint density at radius 2 is 2.08 bits per heavy atom. The molecule has 0 saturated heterocycles. The van der Waals surface area contributed by atoms with Crippen LogP contribution >= 0.6 is 0 Å². The molecule has 1 unspecified atom stereocenters. The van der Waals surface area contributed by atoms with E-state index in [0.717, 1.165) is 6.07 Å². The van der Waals surface area contributed by atoms with Crippen molar-refractivity contribution in [2.75, 3.05) is 6.61 Å². The van der Waals surface area contributed by atoms with Gasteiger partial charge in [-0.15, -0.1) is 0 Å². The third kappa shape index (κ3) is 2.68. The third-order valence-electron chi connectivity index (χ3n) is 1.77. The number of hydrogen-bond acceptors (Lipinski definition) is 3. The van der Waals surface area contributed by atoms with Crippen LogP contribution in [0.25, 0.3) is 0 Å². The molecule has 1 aromatic rings. The molecule has 0 saturated carbocycles. The van der Waals surface area contributed by atoms with Crippen molar-refractivity contribution < 1.29 is 14.6 Å². The number of phenols is 1. The summed E-state index contributed by atoms with van der Waals surface area (Å²) in [6.45, 7) is -0.0571. The highest BCUT2D eigenvalue weighted by atomic mass is 19.1. The minimum atomic E-state index is -0.525. The summed E-state index contributed by atoms with van der Waals surface area (Å²) >= 11 is 0. The molecule has 0 radical (unpaired) electrons. The van der Waals surface area contributed by atoms with Crippen LogP contribution in [0.2, 0.25) is 0 Å². The molecule has 0 bridgehead atoms. The molecular formula is C9H12FNO2. The van der Waals surface area contributed by atoms with Gasteiger partial charge in [-0.3, -0.25) is 0 Å². The van der Waals surface area contributed by atoms with Gasteiger partial charge >= 0.3 is 0 Å². The topological polar surface area (TPSA) is 66.5 Å². The highest BCUT2D eigenvalue weighted by molar-refractivity contribution is 5.30. The van der Waals surface area contributed by atoms with Crippen molar-refractivity contribution in [3.63, 3.8) is 0 Å². The van der Waals surface area contributed by atoms with Gasteiger partial charge in [0.05, 0.1) is 0 Å².